The second kappa shape index (κ2) is 13.6. The molecule has 33 rings (SSSR count). The van der Waals surface area contributed by atoms with E-state index in [9.17, 15) is 24.3 Å². The molecule has 20 heteroatoms. The van der Waals surface area contributed by atoms with E-state index >= 15 is 63.9 Å². The Labute approximate surface area is 601 Å². The van der Waals surface area contributed by atoms with Crippen LogP contribution < -0.4 is 27.1 Å². The van der Waals surface area contributed by atoms with Gasteiger partial charge in [0.1, 0.15) is 17.1 Å². The number of rotatable bonds is 4. The van der Waals surface area contributed by atoms with Gasteiger partial charge in [-0.3, -0.25) is 57.5 Å². The number of allylic oxidation sites excluding steroid dienone is 7. The van der Waals surface area contributed by atoms with Crippen molar-refractivity contribution in [1.82, 2.24) is 0 Å². The first-order valence-electron chi connectivity index (χ1n) is 36.0. The number of carbonyl (C=O) groups is 7. The summed E-state index contributed by atoms with van der Waals surface area (Å²) in [7, 11) is 0. The molecule has 2 saturated heterocycles. The third-order valence-electron chi connectivity index (χ3n) is 31.2. The average Bonchev–Trinajstić information content (AvgIpc) is 1.39. The molecule has 0 amide bonds. The maximum atomic E-state index is 17.8. The first kappa shape index (κ1) is 53.5. The number of benzene rings is 14. The van der Waals surface area contributed by atoms with Gasteiger partial charge in [0.2, 0.25) is 0 Å². The van der Waals surface area contributed by atoms with E-state index < -0.39 is 135 Å². The minimum atomic E-state index is -3.16. The standard InChI is InChI=1S/C90H24O20/c91-15-19-9-32-53-38(99)14-31-25-12-35(96)26-7-18-1-2-23-42-33(94)6-4-24-45(42)57-59-60(77(24)100)40-21(17-93)10-37(98)43-29-13-36(97)27-8-20(16-92)41-56-48(27)50(29)68-61(54(40)43)73(59)89-85(107)67(57)49(23)39(18)55-47(26)46(25)58-62(70(55)85)74-64-63(71(56)86(68,108)90(74,89)110-89)72-65(41)78(101)51-30(81(102)103)11-28-44-34(95)5-3-22(19)66(44)83(32,105)79-52(28)69(51)84(72,106)88-76(64)75(58)82(31,104)80(53)87(79,88)109-88/h1-17,30,104-108H,(H,102,103). The van der Waals surface area contributed by atoms with Gasteiger partial charge in [0, 0.05) is 193 Å². The van der Waals surface area contributed by atoms with E-state index in [1.165, 1.54) is 48.6 Å². The molecule has 2 heterocycles. The fourth-order valence-electron chi connectivity index (χ4n) is 28.8. The summed E-state index contributed by atoms with van der Waals surface area (Å²) in [5.41, 5.74) is -34.7. The number of hydrogen-bond acceptors (Lipinski definition) is 19. The van der Waals surface area contributed by atoms with Gasteiger partial charge >= 0.3 is 5.97 Å². The smallest absolute Gasteiger partial charge is 0.315 e. The van der Waals surface area contributed by atoms with Gasteiger partial charge in [-0.2, -0.15) is 0 Å². The molecule has 10 atom stereocenters. The van der Waals surface area contributed by atoms with Gasteiger partial charge in [-0.25, -0.2) is 0 Å². The van der Waals surface area contributed by atoms with Crippen LogP contribution in [0.2, 0.25) is 0 Å². The summed E-state index contributed by atoms with van der Waals surface area (Å²) in [5, 5.41) is 94.8. The van der Waals surface area contributed by atoms with E-state index in [0.717, 1.165) is 18.2 Å². The van der Waals surface area contributed by atoms with E-state index in [-0.39, 0.29) is 257 Å². The number of hydrogen-bond donors (Lipinski definition) is 6. The Kier molecular flexibility index (Phi) is 6.59. The van der Waals surface area contributed by atoms with Crippen molar-refractivity contribution in [3.63, 3.8) is 0 Å². The van der Waals surface area contributed by atoms with Crippen molar-refractivity contribution in [3.05, 3.63) is 275 Å². The van der Waals surface area contributed by atoms with Crippen molar-refractivity contribution in [2.45, 2.75) is 50.4 Å². The number of fused-ring (bicyclic) bond motifs is 7. The molecule has 0 aromatic heterocycles. The maximum Gasteiger partial charge on any atom is 0.315 e. The molecule has 0 bridgehead atoms. The van der Waals surface area contributed by atoms with Gasteiger partial charge in [-0.05, 0) is 170 Å². The van der Waals surface area contributed by atoms with E-state index in [1.54, 1.807) is 18.2 Å². The lowest BCUT2D eigenvalue weighted by Crippen LogP contribution is -2.69. The van der Waals surface area contributed by atoms with E-state index in [2.05, 4.69) is 0 Å². The molecule has 2 fully saturated rings. The zero-order valence-electron chi connectivity index (χ0n) is 54.8. The molecule has 17 aliphatic carbocycles. The van der Waals surface area contributed by atoms with Crippen LogP contribution in [0.4, 0.5) is 0 Å². The van der Waals surface area contributed by atoms with Crippen LogP contribution in [-0.2, 0) is 67.9 Å². The van der Waals surface area contributed by atoms with Crippen molar-refractivity contribution in [2.24, 2.45) is 5.92 Å². The Hall–Kier alpha value is -13.3. The second-order valence-corrected chi connectivity index (χ2v) is 33.7. The first-order chi connectivity index (χ1) is 53.0. The van der Waals surface area contributed by atoms with Crippen molar-refractivity contribution in [3.8, 4) is 11.1 Å². The van der Waals surface area contributed by atoms with Gasteiger partial charge in [-0.1, -0.05) is 18.2 Å². The minimum Gasteiger partial charge on any atom is -0.481 e. The largest absolute Gasteiger partial charge is 0.481 e. The Bertz CT molecular complexity index is 9100. The number of aldehydes is 3. The van der Waals surface area contributed by atoms with Crippen molar-refractivity contribution < 1.29 is 73.7 Å². The van der Waals surface area contributed by atoms with Crippen LogP contribution in [-0.4, -0.2) is 84.0 Å². The molecule has 19 aliphatic rings. The number of aliphatic hydroxyl groups is 5. The Balaban J connectivity index is 0.962. The number of ether oxygens (including phenoxy) is 2. The van der Waals surface area contributed by atoms with Crippen LogP contribution in [0.5, 0.6) is 0 Å². The molecule has 2 aliphatic heterocycles. The highest BCUT2D eigenvalue weighted by Gasteiger charge is 3.00. The highest BCUT2D eigenvalue weighted by molar-refractivity contribution is 6.49. The third-order valence-corrected chi connectivity index (χ3v) is 31.2. The van der Waals surface area contributed by atoms with Gasteiger partial charge < -0.3 is 40.1 Å². The molecule has 0 saturated carbocycles. The highest BCUT2D eigenvalue weighted by Crippen LogP contribution is 2.96. The zero-order chi connectivity index (χ0) is 72.9. The van der Waals surface area contributed by atoms with Crippen LogP contribution in [0.3, 0.4) is 0 Å². The van der Waals surface area contributed by atoms with Crippen LogP contribution >= 0.6 is 0 Å². The molecule has 0 radical (unpaired) electrons. The number of epoxide rings is 2. The lowest BCUT2D eigenvalue weighted by molar-refractivity contribution is -0.139. The Morgan fingerprint density at radius 1 is 0.418 bits per heavy atom. The maximum absolute atomic E-state index is 17.8. The summed E-state index contributed by atoms with van der Waals surface area (Å²) in [5.74, 6) is -6.67. The predicted molar refractivity (Wildman–Crippen MR) is 389 cm³/mol. The van der Waals surface area contributed by atoms with Gasteiger partial charge in [0.25, 0.3) is 0 Å². The molecule has 14 aromatic carbocycles. The summed E-state index contributed by atoms with van der Waals surface area (Å²) in [6, 6.07) is 12.7. The number of ketones is 3. The molecular formula is C90H24O20. The summed E-state index contributed by atoms with van der Waals surface area (Å²) in [6.45, 7) is 0. The molecule has 6 N–H and O–H groups in total. The highest BCUT2D eigenvalue weighted by atomic mass is 16.7. The summed E-state index contributed by atoms with van der Waals surface area (Å²) in [6.07, 6.45) is 7.35. The Morgan fingerprint density at radius 2 is 1.07 bits per heavy atom. The van der Waals surface area contributed by atoms with Gasteiger partial charge in [0.05, 0.1) is 0 Å². The third kappa shape index (κ3) is 3.69. The van der Waals surface area contributed by atoms with Crippen molar-refractivity contribution >= 4 is 188 Å². The minimum absolute atomic E-state index is 0.000829. The Morgan fingerprint density at radius 3 is 1.87 bits per heavy atom. The normalized spacial score (nSPS) is 32.0. The lowest BCUT2D eigenvalue weighted by Gasteiger charge is -2.65. The van der Waals surface area contributed by atoms with E-state index in [4.69, 9.17) is 9.47 Å². The number of aliphatic carboxylic acids is 1. The number of Topliss-reactive ketones (excluding diaryl/α,β-unsaturated/α-hetero) is 1. The predicted octanol–water partition coefficient (Wildman–Crippen LogP) is 7.11. The van der Waals surface area contributed by atoms with Crippen LogP contribution in [0.15, 0.2) is 176 Å². The quantitative estimate of drug-likeness (QED) is 0.0442. The number of carboxylic acids is 1. The monoisotopic (exact) mass is 1420 g/mol. The summed E-state index contributed by atoms with van der Waals surface area (Å²) < 4.78 is 16.4. The van der Waals surface area contributed by atoms with Crippen molar-refractivity contribution in [2.75, 3.05) is 0 Å². The molecule has 14 aromatic rings. The number of carboxylic acid groups (broad SMARTS) is 1. The van der Waals surface area contributed by atoms with E-state index in [1.807, 2.05) is 0 Å². The fourth-order valence-corrected chi connectivity index (χ4v) is 28.8. The van der Waals surface area contributed by atoms with Crippen LogP contribution in [0.1, 0.15) is 86.7 Å². The summed E-state index contributed by atoms with van der Waals surface area (Å²) in [4.78, 5) is 189. The molecule has 10 unspecified atom stereocenters. The van der Waals surface area contributed by atoms with Crippen molar-refractivity contribution in [1.29, 1.82) is 0 Å². The zero-order valence-corrected chi connectivity index (χ0v) is 54.8. The topological polar surface area (TPSA) is 351 Å². The lowest BCUT2D eigenvalue weighted by atomic mass is 9.35. The SMILES string of the molecule is O=CC1=C2C=CC(=O)C3=C2C2(O)C(=C1)C1=C4C5(O)C(=CC1=O)c1cc(=O)c6cc7ccc8c9c%10c%11c%12c%13c%14c%15c%16c(cc(=O)c%17cc(C=O)c%18c%19c%20c%21c(c%18c%17%16)C%15(O)C%15%16OC%13%15C%10(O)c%10c%13c%16c-%21c(c5c%13c1c6c%10c79)C15OC41C2=C1C3=CC(C(=O)O)C(=C1C%205O)C%19=O)c1c(=O)cc(C=O)c(c%12c(=O)c2ccc(=O)c8c2%11)c%141. The van der Waals surface area contributed by atoms with E-state index in [0.29, 0.717) is 29.6 Å². The van der Waals surface area contributed by atoms with Gasteiger partial charge in [0.15, 0.2) is 103 Å². The molecule has 20 nitrogen and oxygen atoms in total. The van der Waals surface area contributed by atoms with Crippen LogP contribution in [0.25, 0.3) is 157 Å². The van der Waals surface area contributed by atoms with Crippen LogP contribution in [0, 0.1) is 5.92 Å². The molecule has 504 valence electrons. The second-order valence-electron chi connectivity index (χ2n) is 33.7. The fraction of sp³-hybridized carbons (Fsp3) is 0.111. The van der Waals surface area contributed by atoms with Gasteiger partial charge in [-0.15, -0.1) is 0 Å². The molecule has 110 heavy (non-hydrogen) atoms. The average molecular weight is 1430 g/mol. The molecule has 4 spiro atoms. The first-order valence-corrected chi connectivity index (χ1v) is 36.0. The molecular weight excluding hydrogens is 1400 g/mol. The summed E-state index contributed by atoms with van der Waals surface area (Å²) >= 11 is 0. The number of carbonyl (C=O) groups excluding carboxylic acids is 6.